The summed E-state index contributed by atoms with van der Waals surface area (Å²) >= 11 is 0. The lowest BCUT2D eigenvalue weighted by Gasteiger charge is -2.17. The van der Waals surface area contributed by atoms with Crippen LogP contribution in [0.5, 0.6) is 0 Å². The maximum atomic E-state index is 12.7. The molecule has 0 saturated heterocycles. The molecule has 6 nitrogen and oxygen atoms in total. The lowest BCUT2D eigenvalue weighted by molar-refractivity contribution is 0.0950. The number of aromatic nitrogens is 1. The minimum atomic E-state index is -3.66. The van der Waals surface area contributed by atoms with Crippen molar-refractivity contribution in [2.75, 3.05) is 6.54 Å². The highest BCUT2D eigenvalue weighted by atomic mass is 32.2. The fourth-order valence-corrected chi connectivity index (χ4v) is 4.55. The Morgan fingerprint density at radius 2 is 1.81 bits per heavy atom. The summed E-state index contributed by atoms with van der Waals surface area (Å²) in [6.07, 6.45) is 0.434. The van der Waals surface area contributed by atoms with Gasteiger partial charge in [0.1, 0.15) is 5.69 Å². The summed E-state index contributed by atoms with van der Waals surface area (Å²) < 4.78 is 28.1. The van der Waals surface area contributed by atoms with Crippen molar-refractivity contribution in [1.29, 1.82) is 0 Å². The topological polar surface area (TPSA) is 91.1 Å². The van der Waals surface area contributed by atoms with E-state index in [1.165, 1.54) is 0 Å². The van der Waals surface area contributed by atoms with E-state index in [2.05, 4.69) is 15.0 Å². The van der Waals surface area contributed by atoms with Crippen molar-refractivity contribution < 1.29 is 13.2 Å². The highest BCUT2D eigenvalue weighted by molar-refractivity contribution is 7.89. The third-order valence-corrected chi connectivity index (χ3v) is 6.19. The van der Waals surface area contributed by atoms with Gasteiger partial charge >= 0.3 is 0 Å². The van der Waals surface area contributed by atoms with Gasteiger partial charge in [0.05, 0.1) is 4.90 Å². The molecule has 1 aliphatic heterocycles. The Morgan fingerprint density at radius 3 is 2.58 bits per heavy atom. The van der Waals surface area contributed by atoms with Gasteiger partial charge in [0, 0.05) is 23.5 Å². The number of rotatable bonds is 3. The molecule has 1 amide bonds. The Kier molecular flexibility index (Phi) is 4.05. The summed E-state index contributed by atoms with van der Waals surface area (Å²) in [6, 6.07) is 13.9. The third-order valence-electron chi connectivity index (χ3n) is 4.65. The Balaban J connectivity index is 1.66. The second kappa shape index (κ2) is 6.26. The summed E-state index contributed by atoms with van der Waals surface area (Å²) in [5, 5.41) is 3.74. The number of hydrogen-bond donors (Lipinski definition) is 3. The van der Waals surface area contributed by atoms with Crippen LogP contribution in [0, 0.1) is 6.92 Å². The quantitative estimate of drug-likeness (QED) is 0.660. The van der Waals surface area contributed by atoms with E-state index >= 15 is 0 Å². The number of benzene rings is 2. The van der Waals surface area contributed by atoms with Crippen LogP contribution in [0.3, 0.4) is 0 Å². The summed E-state index contributed by atoms with van der Waals surface area (Å²) in [5.41, 5.74) is 3.21. The number of sulfonamides is 1. The molecule has 0 bridgehead atoms. The van der Waals surface area contributed by atoms with Crippen molar-refractivity contribution >= 4 is 26.8 Å². The number of carbonyl (C=O) groups is 1. The second-order valence-electron chi connectivity index (χ2n) is 6.57. The molecule has 0 aliphatic carbocycles. The molecular formula is C19H19N3O3S. The van der Waals surface area contributed by atoms with Crippen LogP contribution in [0.2, 0.25) is 0 Å². The SMILES string of the molecule is Cc1ccc(S(=O)(=O)N[C@H]2CNC(=O)c3[nH]c4ccccc4c3C2)cc1. The molecule has 4 rings (SSSR count). The summed E-state index contributed by atoms with van der Waals surface area (Å²) in [5.74, 6) is -0.215. The van der Waals surface area contributed by atoms with Gasteiger partial charge in [0.2, 0.25) is 10.0 Å². The first-order valence-corrected chi connectivity index (χ1v) is 9.89. The summed E-state index contributed by atoms with van der Waals surface area (Å²) in [7, 11) is -3.66. The van der Waals surface area contributed by atoms with Gasteiger partial charge in [-0.3, -0.25) is 4.79 Å². The van der Waals surface area contributed by atoms with Crippen LogP contribution in [-0.4, -0.2) is 31.9 Å². The second-order valence-corrected chi connectivity index (χ2v) is 8.28. The van der Waals surface area contributed by atoms with Gasteiger partial charge in [0.15, 0.2) is 0 Å². The van der Waals surface area contributed by atoms with Gasteiger partial charge in [-0.15, -0.1) is 0 Å². The number of carbonyl (C=O) groups excluding carboxylic acids is 1. The number of H-pyrrole nitrogens is 1. The Labute approximate surface area is 151 Å². The molecule has 0 fully saturated rings. The van der Waals surface area contributed by atoms with Gasteiger partial charge in [-0.2, -0.15) is 0 Å². The molecule has 0 radical (unpaired) electrons. The van der Waals surface area contributed by atoms with Gasteiger partial charge in [-0.1, -0.05) is 35.9 Å². The van der Waals surface area contributed by atoms with Crippen molar-refractivity contribution in [3.05, 3.63) is 65.4 Å². The van der Waals surface area contributed by atoms with Crippen molar-refractivity contribution in [2.45, 2.75) is 24.3 Å². The van der Waals surface area contributed by atoms with Crippen LogP contribution in [-0.2, 0) is 16.4 Å². The molecule has 3 N–H and O–H groups in total. The number of hydrogen-bond acceptors (Lipinski definition) is 3. The zero-order chi connectivity index (χ0) is 18.3. The largest absolute Gasteiger partial charge is 0.350 e. The van der Waals surface area contributed by atoms with Crippen LogP contribution in [0.15, 0.2) is 53.4 Å². The molecule has 134 valence electrons. The Hall–Kier alpha value is -2.64. The van der Waals surface area contributed by atoms with Gasteiger partial charge in [0.25, 0.3) is 5.91 Å². The van der Waals surface area contributed by atoms with Crippen LogP contribution < -0.4 is 10.0 Å². The smallest absolute Gasteiger partial charge is 0.268 e. The number of amides is 1. The fourth-order valence-electron chi connectivity index (χ4n) is 3.32. The maximum absolute atomic E-state index is 12.7. The van der Waals surface area contributed by atoms with E-state index in [-0.39, 0.29) is 17.3 Å². The molecule has 3 aromatic rings. The predicted octanol–water partition coefficient (Wildman–Crippen LogP) is 2.11. The first-order valence-electron chi connectivity index (χ1n) is 8.41. The monoisotopic (exact) mass is 369 g/mol. The van der Waals surface area contributed by atoms with E-state index < -0.39 is 16.1 Å². The van der Waals surface area contributed by atoms with E-state index in [9.17, 15) is 13.2 Å². The molecular weight excluding hydrogens is 350 g/mol. The standard InChI is InChI=1S/C19H19N3O3S/c1-12-6-8-14(9-7-12)26(24,25)22-13-10-16-15-4-2-3-5-17(15)21-18(16)19(23)20-11-13/h2-9,13,21-22H,10-11H2,1H3,(H,20,23)/t13-/m1/s1. The summed E-state index contributed by atoms with van der Waals surface area (Å²) in [4.78, 5) is 15.7. The number of aromatic amines is 1. The van der Waals surface area contributed by atoms with Crippen molar-refractivity contribution in [3.8, 4) is 0 Å². The number of aryl methyl sites for hydroxylation is 1. The normalized spacial score (nSPS) is 17.6. The molecule has 1 aliphatic rings. The third kappa shape index (κ3) is 3.00. The first-order chi connectivity index (χ1) is 12.4. The van der Waals surface area contributed by atoms with Gasteiger partial charge in [-0.25, -0.2) is 13.1 Å². The van der Waals surface area contributed by atoms with Crippen LogP contribution in [0.25, 0.3) is 10.9 Å². The minimum Gasteiger partial charge on any atom is -0.350 e. The summed E-state index contributed by atoms with van der Waals surface area (Å²) in [6.45, 7) is 2.14. The lowest BCUT2D eigenvalue weighted by atomic mass is 10.0. The maximum Gasteiger partial charge on any atom is 0.268 e. The molecule has 1 atom stereocenters. The Bertz CT molecular complexity index is 1080. The van der Waals surface area contributed by atoms with E-state index in [0.717, 1.165) is 22.0 Å². The molecule has 26 heavy (non-hydrogen) atoms. The van der Waals surface area contributed by atoms with E-state index in [1.54, 1.807) is 24.3 Å². The predicted molar refractivity (Wildman–Crippen MR) is 99.6 cm³/mol. The van der Waals surface area contributed by atoms with Crippen molar-refractivity contribution in [2.24, 2.45) is 0 Å². The minimum absolute atomic E-state index is 0.215. The lowest BCUT2D eigenvalue weighted by Crippen LogP contribution is -2.43. The molecule has 7 heteroatoms. The Morgan fingerprint density at radius 1 is 1.08 bits per heavy atom. The highest BCUT2D eigenvalue weighted by Gasteiger charge is 2.28. The average molecular weight is 369 g/mol. The first kappa shape index (κ1) is 16.8. The molecule has 1 aromatic heterocycles. The zero-order valence-corrected chi connectivity index (χ0v) is 15.1. The molecule has 0 saturated carbocycles. The fraction of sp³-hybridized carbons (Fsp3) is 0.211. The van der Waals surface area contributed by atoms with Crippen LogP contribution >= 0.6 is 0 Å². The van der Waals surface area contributed by atoms with Crippen molar-refractivity contribution in [3.63, 3.8) is 0 Å². The van der Waals surface area contributed by atoms with E-state index in [1.807, 2.05) is 31.2 Å². The van der Waals surface area contributed by atoms with Crippen LogP contribution in [0.1, 0.15) is 21.6 Å². The van der Waals surface area contributed by atoms with Crippen molar-refractivity contribution in [1.82, 2.24) is 15.0 Å². The van der Waals surface area contributed by atoms with Crippen LogP contribution in [0.4, 0.5) is 0 Å². The zero-order valence-electron chi connectivity index (χ0n) is 14.2. The average Bonchev–Trinajstić information content (AvgIpc) is 2.91. The van der Waals surface area contributed by atoms with E-state index in [0.29, 0.717) is 12.1 Å². The molecule has 0 spiro atoms. The number of fused-ring (bicyclic) bond motifs is 3. The number of para-hydroxylation sites is 1. The number of nitrogens with one attached hydrogen (secondary N) is 3. The van der Waals surface area contributed by atoms with Gasteiger partial charge in [-0.05, 0) is 37.1 Å². The van der Waals surface area contributed by atoms with Gasteiger partial charge < -0.3 is 10.3 Å². The highest BCUT2D eigenvalue weighted by Crippen LogP contribution is 2.25. The van der Waals surface area contributed by atoms with E-state index in [4.69, 9.17) is 0 Å². The molecule has 2 aromatic carbocycles. The molecule has 0 unspecified atom stereocenters. The molecule has 2 heterocycles.